The Morgan fingerprint density at radius 1 is 1.83 bits per heavy atom. The number of carbonyl (C=O) groups is 1. The monoisotopic (exact) mass is 169 g/mol. The van der Waals surface area contributed by atoms with E-state index in [1.54, 1.807) is 24.1 Å². The first-order valence-corrected chi connectivity index (χ1v) is 3.50. The van der Waals surface area contributed by atoms with Crippen LogP contribution in [0.15, 0.2) is 12.4 Å². The molecule has 66 valence electrons. The molecule has 0 spiro atoms. The minimum absolute atomic E-state index is 0.0644. The maximum atomic E-state index is 10.9. The zero-order chi connectivity index (χ0) is 8.97. The van der Waals surface area contributed by atoms with E-state index >= 15 is 0 Å². The molecular formula is C7H11N3O2. The number of hydrogen-bond acceptors (Lipinski definition) is 3. The van der Waals surface area contributed by atoms with Crippen molar-refractivity contribution in [1.29, 1.82) is 0 Å². The Hall–Kier alpha value is -1.36. The quantitative estimate of drug-likeness (QED) is 0.693. The summed E-state index contributed by atoms with van der Waals surface area (Å²) in [7, 11) is 3.26. The van der Waals surface area contributed by atoms with Crippen LogP contribution in [0.5, 0.6) is 0 Å². The topological polar surface area (TPSA) is 56.1 Å². The molecule has 0 fully saturated rings. The van der Waals surface area contributed by atoms with Gasteiger partial charge in [0.1, 0.15) is 6.61 Å². The molecule has 0 aliphatic rings. The molecule has 1 amide bonds. The fraction of sp³-hybridized carbons (Fsp3) is 0.429. The van der Waals surface area contributed by atoms with Crippen LogP contribution >= 0.6 is 0 Å². The SMILES string of the molecule is COCC(=O)Nc1cnn(C)c1. The molecule has 0 aliphatic carbocycles. The predicted octanol–water partition coefficient (Wildman–Crippen LogP) is 0.00500. The van der Waals surface area contributed by atoms with Crippen LogP contribution in [-0.2, 0) is 16.6 Å². The zero-order valence-electron chi connectivity index (χ0n) is 7.07. The van der Waals surface area contributed by atoms with E-state index in [0.29, 0.717) is 5.69 Å². The second-order valence-corrected chi connectivity index (χ2v) is 2.38. The maximum Gasteiger partial charge on any atom is 0.250 e. The van der Waals surface area contributed by atoms with Crippen LogP contribution in [0, 0.1) is 0 Å². The molecule has 12 heavy (non-hydrogen) atoms. The fourth-order valence-electron chi connectivity index (χ4n) is 0.814. The number of amides is 1. The number of hydrogen-bond donors (Lipinski definition) is 1. The summed E-state index contributed by atoms with van der Waals surface area (Å²) >= 11 is 0. The molecule has 0 unspecified atom stereocenters. The molecular weight excluding hydrogens is 158 g/mol. The van der Waals surface area contributed by atoms with E-state index in [0.717, 1.165) is 0 Å². The molecule has 5 heteroatoms. The van der Waals surface area contributed by atoms with Gasteiger partial charge in [0.25, 0.3) is 0 Å². The van der Waals surface area contributed by atoms with Gasteiger partial charge in [-0.3, -0.25) is 9.48 Å². The molecule has 1 aromatic heterocycles. The highest BCUT2D eigenvalue weighted by Crippen LogP contribution is 2.02. The van der Waals surface area contributed by atoms with Crippen molar-refractivity contribution in [1.82, 2.24) is 9.78 Å². The Morgan fingerprint density at radius 3 is 3.08 bits per heavy atom. The van der Waals surface area contributed by atoms with Crippen LogP contribution in [0.2, 0.25) is 0 Å². The number of rotatable bonds is 3. The van der Waals surface area contributed by atoms with E-state index in [4.69, 9.17) is 0 Å². The van der Waals surface area contributed by atoms with Crippen LogP contribution in [0.3, 0.4) is 0 Å². The van der Waals surface area contributed by atoms with Gasteiger partial charge in [-0.15, -0.1) is 0 Å². The molecule has 0 aliphatic heterocycles. The standard InChI is InChI=1S/C7H11N3O2/c1-10-4-6(3-8-10)9-7(11)5-12-2/h3-4H,5H2,1-2H3,(H,9,11). The summed E-state index contributed by atoms with van der Waals surface area (Å²) in [6.45, 7) is 0.0644. The molecule has 5 nitrogen and oxygen atoms in total. The van der Waals surface area contributed by atoms with Gasteiger partial charge in [0, 0.05) is 20.4 Å². The number of aromatic nitrogens is 2. The number of ether oxygens (including phenoxy) is 1. The smallest absolute Gasteiger partial charge is 0.250 e. The van der Waals surface area contributed by atoms with E-state index in [9.17, 15) is 4.79 Å². The minimum atomic E-state index is -0.175. The highest BCUT2D eigenvalue weighted by Gasteiger charge is 2.01. The summed E-state index contributed by atoms with van der Waals surface area (Å²) in [5.41, 5.74) is 0.680. The first kappa shape index (κ1) is 8.73. The Balaban J connectivity index is 2.46. The largest absolute Gasteiger partial charge is 0.375 e. The molecule has 0 bridgehead atoms. The number of carbonyl (C=O) groups excluding carboxylic acids is 1. The first-order chi connectivity index (χ1) is 5.72. The van der Waals surface area contributed by atoms with Crippen LogP contribution in [0.1, 0.15) is 0 Å². The maximum absolute atomic E-state index is 10.9. The summed E-state index contributed by atoms with van der Waals surface area (Å²) < 4.78 is 6.26. The summed E-state index contributed by atoms with van der Waals surface area (Å²) in [5.74, 6) is -0.175. The predicted molar refractivity (Wildman–Crippen MR) is 43.7 cm³/mol. The lowest BCUT2D eigenvalue weighted by molar-refractivity contribution is -0.119. The average molecular weight is 169 g/mol. The molecule has 0 saturated carbocycles. The summed E-state index contributed by atoms with van der Waals surface area (Å²) in [4.78, 5) is 10.9. The third-order valence-corrected chi connectivity index (χ3v) is 1.26. The van der Waals surface area contributed by atoms with Gasteiger partial charge in [0.2, 0.25) is 5.91 Å². The lowest BCUT2D eigenvalue weighted by Crippen LogP contribution is -2.16. The van der Waals surface area contributed by atoms with E-state index in [1.807, 2.05) is 0 Å². The van der Waals surface area contributed by atoms with Crippen LogP contribution in [0.25, 0.3) is 0 Å². The van der Waals surface area contributed by atoms with Gasteiger partial charge in [-0.25, -0.2) is 0 Å². The fourth-order valence-corrected chi connectivity index (χ4v) is 0.814. The van der Waals surface area contributed by atoms with E-state index in [1.165, 1.54) is 7.11 Å². The molecule has 0 aromatic carbocycles. The van der Waals surface area contributed by atoms with E-state index in [-0.39, 0.29) is 12.5 Å². The van der Waals surface area contributed by atoms with Gasteiger partial charge in [0.05, 0.1) is 11.9 Å². The van der Waals surface area contributed by atoms with Crippen molar-refractivity contribution >= 4 is 11.6 Å². The molecule has 1 heterocycles. The molecule has 1 N–H and O–H groups in total. The molecule has 1 aromatic rings. The second kappa shape index (κ2) is 3.87. The first-order valence-electron chi connectivity index (χ1n) is 3.50. The number of nitrogens with one attached hydrogen (secondary N) is 1. The molecule has 0 saturated heterocycles. The minimum Gasteiger partial charge on any atom is -0.375 e. The van der Waals surface area contributed by atoms with Gasteiger partial charge < -0.3 is 10.1 Å². The number of aryl methyl sites for hydroxylation is 1. The third kappa shape index (κ3) is 2.35. The van der Waals surface area contributed by atoms with Crippen molar-refractivity contribution in [2.75, 3.05) is 19.0 Å². The third-order valence-electron chi connectivity index (χ3n) is 1.26. The van der Waals surface area contributed by atoms with Crippen LogP contribution in [-0.4, -0.2) is 29.4 Å². The zero-order valence-corrected chi connectivity index (χ0v) is 7.07. The summed E-state index contributed by atoms with van der Waals surface area (Å²) in [5, 5.41) is 6.51. The van der Waals surface area contributed by atoms with Gasteiger partial charge in [-0.2, -0.15) is 5.10 Å². The summed E-state index contributed by atoms with van der Waals surface area (Å²) in [6.07, 6.45) is 3.29. The lowest BCUT2D eigenvalue weighted by Gasteiger charge is -1.99. The van der Waals surface area contributed by atoms with Crippen molar-refractivity contribution in [3.05, 3.63) is 12.4 Å². The van der Waals surface area contributed by atoms with Gasteiger partial charge >= 0.3 is 0 Å². The second-order valence-electron chi connectivity index (χ2n) is 2.38. The van der Waals surface area contributed by atoms with Crippen molar-refractivity contribution in [2.45, 2.75) is 0 Å². The Bertz CT molecular complexity index is 269. The normalized spacial score (nSPS) is 9.83. The summed E-state index contributed by atoms with van der Waals surface area (Å²) in [6, 6.07) is 0. The van der Waals surface area contributed by atoms with Crippen LogP contribution < -0.4 is 5.32 Å². The van der Waals surface area contributed by atoms with Gasteiger partial charge in [0.15, 0.2) is 0 Å². The molecule has 0 radical (unpaired) electrons. The van der Waals surface area contributed by atoms with Gasteiger partial charge in [-0.05, 0) is 0 Å². The van der Waals surface area contributed by atoms with Crippen molar-refractivity contribution in [2.24, 2.45) is 7.05 Å². The van der Waals surface area contributed by atoms with Crippen LogP contribution in [0.4, 0.5) is 5.69 Å². The Morgan fingerprint density at radius 2 is 2.58 bits per heavy atom. The highest BCUT2D eigenvalue weighted by atomic mass is 16.5. The number of nitrogens with zero attached hydrogens (tertiary/aromatic N) is 2. The molecule has 1 rings (SSSR count). The van der Waals surface area contributed by atoms with Crippen molar-refractivity contribution in [3.63, 3.8) is 0 Å². The number of anilines is 1. The molecule has 0 atom stereocenters. The van der Waals surface area contributed by atoms with E-state index < -0.39 is 0 Å². The lowest BCUT2D eigenvalue weighted by atomic mass is 10.5. The Labute approximate surface area is 70.3 Å². The van der Waals surface area contributed by atoms with Gasteiger partial charge in [-0.1, -0.05) is 0 Å². The Kier molecular flexibility index (Phi) is 2.82. The van der Waals surface area contributed by atoms with E-state index in [2.05, 4.69) is 15.2 Å². The van der Waals surface area contributed by atoms with Crippen molar-refractivity contribution in [3.8, 4) is 0 Å². The van der Waals surface area contributed by atoms with Crippen molar-refractivity contribution < 1.29 is 9.53 Å². The number of methoxy groups -OCH3 is 1. The average Bonchev–Trinajstić information content (AvgIpc) is 2.36. The highest BCUT2D eigenvalue weighted by molar-refractivity contribution is 5.91.